The van der Waals surface area contributed by atoms with E-state index in [1.54, 1.807) is 25.3 Å². The Kier molecular flexibility index (Phi) is 4.39. The predicted octanol–water partition coefficient (Wildman–Crippen LogP) is 2.12. The van der Waals surface area contributed by atoms with Crippen LogP contribution in [0.3, 0.4) is 0 Å². The molecular weight excluding hydrogens is 299 g/mol. The first kappa shape index (κ1) is 14.9. The zero-order valence-corrected chi connectivity index (χ0v) is 12.7. The molecule has 0 bridgehead atoms. The average Bonchev–Trinajstić information content (AvgIpc) is 2.74. The van der Waals surface area contributed by atoms with Crippen molar-refractivity contribution in [2.45, 2.75) is 12.2 Å². The van der Waals surface area contributed by atoms with Crippen LogP contribution >= 0.6 is 11.3 Å². The largest absolute Gasteiger partial charge is 0.397 e. The van der Waals surface area contributed by atoms with Crippen molar-refractivity contribution in [1.29, 1.82) is 0 Å². The molecule has 1 aromatic carbocycles. The van der Waals surface area contributed by atoms with E-state index < -0.39 is 16.6 Å². The number of thiophene rings is 1. The second kappa shape index (κ2) is 5.88. The van der Waals surface area contributed by atoms with Crippen LogP contribution in [-0.4, -0.2) is 28.2 Å². The molecule has 2 rings (SSSR count). The molecule has 0 aliphatic rings. The molecule has 1 aromatic heterocycles. The number of nitrogens with two attached hydrogens (primary N) is 1. The van der Waals surface area contributed by atoms with Crippen LogP contribution < -0.4 is 11.1 Å². The summed E-state index contributed by atoms with van der Waals surface area (Å²) in [6.07, 6.45) is 1.58. The number of amides is 1. The highest BCUT2D eigenvalue weighted by molar-refractivity contribution is 7.84. The molecule has 1 amide bonds. The van der Waals surface area contributed by atoms with Crippen LogP contribution in [0, 0.1) is 5.82 Å². The van der Waals surface area contributed by atoms with Crippen LogP contribution in [0.25, 0.3) is 10.1 Å². The second-order valence-corrected chi connectivity index (χ2v) is 7.33. The van der Waals surface area contributed by atoms with Crippen molar-refractivity contribution in [1.82, 2.24) is 5.32 Å². The van der Waals surface area contributed by atoms with Crippen molar-refractivity contribution in [3.8, 4) is 0 Å². The molecule has 2 unspecified atom stereocenters. The van der Waals surface area contributed by atoms with Crippen LogP contribution in [-0.2, 0) is 10.8 Å². The number of benzene rings is 1. The summed E-state index contributed by atoms with van der Waals surface area (Å²) in [6.45, 7) is 2.07. The van der Waals surface area contributed by atoms with Gasteiger partial charge in [0.05, 0.1) is 11.1 Å². The summed E-state index contributed by atoms with van der Waals surface area (Å²) in [5.41, 5.74) is 6.01. The number of carbonyl (C=O) groups excluding carboxylic acids is 1. The average molecular weight is 314 g/mol. The topological polar surface area (TPSA) is 72.2 Å². The van der Waals surface area contributed by atoms with Gasteiger partial charge in [0, 0.05) is 33.5 Å². The zero-order chi connectivity index (χ0) is 14.9. The summed E-state index contributed by atoms with van der Waals surface area (Å²) >= 11 is 1.15. The summed E-state index contributed by atoms with van der Waals surface area (Å²) < 4.78 is 25.6. The number of fused-ring (bicyclic) bond motifs is 1. The van der Waals surface area contributed by atoms with Crippen molar-refractivity contribution in [3.63, 3.8) is 0 Å². The molecule has 2 aromatic rings. The predicted molar refractivity (Wildman–Crippen MR) is 82.1 cm³/mol. The first-order valence-electron chi connectivity index (χ1n) is 5.98. The van der Waals surface area contributed by atoms with Gasteiger partial charge >= 0.3 is 0 Å². The normalized spacial score (nSPS) is 14.2. The quantitative estimate of drug-likeness (QED) is 0.908. The van der Waals surface area contributed by atoms with Gasteiger partial charge in [-0.05, 0) is 19.1 Å². The van der Waals surface area contributed by atoms with E-state index in [1.807, 2.05) is 0 Å². The molecule has 0 aliphatic carbocycles. The Morgan fingerprint density at radius 3 is 2.85 bits per heavy atom. The Balaban J connectivity index is 2.25. The molecule has 4 nitrogen and oxygen atoms in total. The Morgan fingerprint density at radius 2 is 2.25 bits per heavy atom. The monoisotopic (exact) mass is 314 g/mol. The van der Waals surface area contributed by atoms with Gasteiger partial charge in [-0.3, -0.25) is 9.00 Å². The van der Waals surface area contributed by atoms with E-state index in [0.29, 0.717) is 9.58 Å². The molecule has 3 N–H and O–H groups in total. The van der Waals surface area contributed by atoms with E-state index in [9.17, 15) is 13.4 Å². The molecule has 108 valence electrons. The number of nitrogen functional groups attached to an aromatic ring is 1. The van der Waals surface area contributed by atoms with E-state index in [4.69, 9.17) is 5.73 Å². The molecule has 1 heterocycles. The standard InChI is InChI=1S/C13H15FN2O2S2/c1-7(20(2)18)6-16-13(17)12-11(15)10-8(14)4-3-5-9(10)19-12/h3-5,7H,6,15H2,1-2H3,(H,16,17). The highest BCUT2D eigenvalue weighted by atomic mass is 32.2. The molecular formula is C13H15FN2O2S2. The minimum atomic E-state index is -1.01. The number of carbonyl (C=O) groups is 1. The van der Waals surface area contributed by atoms with Gasteiger partial charge in [0.2, 0.25) is 0 Å². The maximum atomic E-state index is 13.7. The number of halogens is 1. The number of rotatable bonds is 4. The third kappa shape index (κ3) is 2.83. The van der Waals surface area contributed by atoms with Gasteiger partial charge in [0.15, 0.2) is 0 Å². The van der Waals surface area contributed by atoms with Crippen LogP contribution in [0.5, 0.6) is 0 Å². The summed E-state index contributed by atoms with van der Waals surface area (Å²) in [6, 6.07) is 4.62. The second-order valence-electron chi connectivity index (χ2n) is 4.48. The van der Waals surface area contributed by atoms with E-state index >= 15 is 0 Å². The summed E-state index contributed by atoms with van der Waals surface area (Å²) in [5, 5.41) is 2.82. The van der Waals surface area contributed by atoms with E-state index in [-0.39, 0.29) is 28.8 Å². The minimum Gasteiger partial charge on any atom is -0.397 e. The molecule has 0 radical (unpaired) electrons. The lowest BCUT2D eigenvalue weighted by atomic mass is 10.2. The maximum Gasteiger partial charge on any atom is 0.263 e. The highest BCUT2D eigenvalue weighted by Gasteiger charge is 2.19. The Bertz CT molecular complexity index is 684. The van der Waals surface area contributed by atoms with Crippen molar-refractivity contribution in [3.05, 3.63) is 28.9 Å². The highest BCUT2D eigenvalue weighted by Crippen LogP contribution is 2.35. The molecule has 0 spiro atoms. The van der Waals surface area contributed by atoms with E-state index in [0.717, 1.165) is 11.3 Å². The fraction of sp³-hybridized carbons (Fsp3) is 0.308. The van der Waals surface area contributed by atoms with Gasteiger partial charge in [-0.25, -0.2) is 4.39 Å². The van der Waals surface area contributed by atoms with E-state index in [2.05, 4.69) is 5.32 Å². The summed E-state index contributed by atoms with van der Waals surface area (Å²) in [4.78, 5) is 12.4. The van der Waals surface area contributed by atoms with Gasteiger partial charge in [0.1, 0.15) is 10.7 Å². The smallest absolute Gasteiger partial charge is 0.263 e. The minimum absolute atomic E-state index is 0.147. The fourth-order valence-electron chi connectivity index (χ4n) is 1.73. The van der Waals surface area contributed by atoms with Crippen molar-refractivity contribution < 1.29 is 13.4 Å². The van der Waals surface area contributed by atoms with Gasteiger partial charge < -0.3 is 11.1 Å². The molecule has 20 heavy (non-hydrogen) atoms. The van der Waals surface area contributed by atoms with Crippen LogP contribution in [0.15, 0.2) is 18.2 Å². The molecule has 0 saturated heterocycles. The van der Waals surface area contributed by atoms with Gasteiger partial charge in [-0.15, -0.1) is 11.3 Å². The fourth-order valence-corrected chi connectivity index (χ4v) is 3.10. The third-order valence-corrected chi connectivity index (χ3v) is 5.49. The Morgan fingerprint density at radius 1 is 1.55 bits per heavy atom. The van der Waals surface area contributed by atoms with Crippen LogP contribution in [0.4, 0.5) is 10.1 Å². The van der Waals surface area contributed by atoms with Crippen molar-refractivity contribution in [2.24, 2.45) is 0 Å². The lowest BCUT2D eigenvalue weighted by molar-refractivity contribution is 0.0959. The van der Waals surface area contributed by atoms with Crippen LogP contribution in [0.2, 0.25) is 0 Å². The van der Waals surface area contributed by atoms with Crippen molar-refractivity contribution in [2.75, 3.05) is 18.5 Å². The number of hydrogen-bond donors (Lipinski definition) is 2. The Hall–Kier alpha value is -1.47. The first-order valence-corrected chi connectivity index (χ1v) is 8.42. The van der Waals surface area contributed by atoms with Gasteiger partial charge in [0.25, 0.3) is 5.91 Å². The number of anilines is 1. The molecule has 0 fully saturated rings. The molecule has 0 aliphatic heterocycles. The van der Waals surface area contributed by atoms with Gasteiger partial charge in [-0.2, -0.15) is 0 Å². The van der Waals surface area contributed by atoms with Crippen molar-refractivity contribution >= 4 is 43.8 Å². The summed E-state index contributed by atoms with van der Waals surface area (Å²) in [5.74, 6) is -0.793. The Labute approximate surface area is 122 Å². The van der Waals surface area contributed by atoms with Gasteiger partial charge in [-0.1, -0.05) is 6.07 Å². The molecule has 0 saturated carbocycles. The summed E-state index contributed by atoms with van der Waals surface area (Å²) in [7, 11) is -1.01. The van der Waals surface area contributed by atoms with E-state index in [1.165, 1.54) is 6.07 Å². The SMILES string of the molecule is CC(CNC(=O)c1sc2cccc(F)c2c1N)S(C)=O. The lowest BCUT2D eigenvalue weighted by Gasteiger charge is -2.09. The first-order chi connectivity index (χ1) is 9.41. The third-order valence-electron chi connectivity index (χ3n) is 3.02. The number of hydrogen-bond acceptors (Lipinski definition) is 4. The maximum absolute atomic E-state index is 13.7. The molecule has 7 heteroatoms. The zero-order valence-electron chi connectivity index (χ0n) is 11.1. The number of nitrogens with one attached hydrogen (secondary N) is 1. The lowest BCUT2D eigenvalue weighted by Crippen LogP contribution is -2.32. The van der Waals surface area contributed by atoms with Crippen LogP contribution in [0.1, 0.15) is 16.6 Å². The molecule has 2 atom stereocenters.